The summed E-state index contributed by atoms with van der Waals surface area (Å²) in [6.07, 6.45) is 0. The lowest BCUT2D eigenvalue weighted by Crippen LogP contribution is -2.33. The summed E-state index contributed by atoms with van der Waals surface area (Å²) < 4.78 is 70.1. The molecular formula is C13H22FN3O5S2. The van der Waals surface area contributed by atoms with Crippen molar-refractivity contribution < 1.29 is 26.0 Å². The molecule has 1 aromatic rings. The fourth-order valence-corrected chi connectivity index (χ4v) is 3.33. The van der Waals surface area contributed by atoms with E-state index in [9.17, 15) is 21.2 Å². The molecule has 138 valence electrons. The third kappa shape index (κ3) is 6.69. The van der Waals surface area contributed by atoms with Crippen LogP contribution in [0.1, 0.15) is 6.92 Å². The van der Waals surface area contributed by atoms with Crippen molar-refractivity contribution in [2.75, 3.05) is 43.8 Å². The van der Waals surface area contributed by atoms with Crippen molar-refractivity contribution >= 4 is 25.7 Å². The van der Waals surface area contributed by atoms with Crippen molar-refractivity contribution in [3.8, 4) is 0 Å². The Morgan fingerprint density at radius 3 is 2.42 bits per heavy atom. The van der Waals surface area contributed by atoms with E-state index in [0.717, 1.165) is 18.2 Å². The molecule has 0 unspecified atom stereocenters. The van der Waals surface area contributed by atoms with Gasteiger partial charge >= 0.3 is 0 Å². The van der Waals surface area contributed by atoms with E-state index in [0.29, 0.717) is 19.7 Å². The van der Waals surface area contributed by atoms with E-state index in [4.69, 9.17) is 4.74 Å². The van der Waals surface area contributed by atoms with Gasteiger partial charge in [-0.3, -0.25) is 4.72 Å². The second-order valence-corrected chi connectivity index (χ2v) is 8.57. The van der Waals surface area contributed by atoms with Gasteiger partial charge in [-0.05, 0) is 25.1 Å². The average molecular weight is 383 g/mol. The van der Waals surface area contributed by atoms with Gasteiger partial charge in [0, 0.05) is 26.7 Å². The van der Waals surface area contributed by atoms with Gasteiger partial charge in [-0.15, -0.1) is 0 Å². The van der Waals surface area contributed by atoms with Crippen LogP contribution in [-0.2, 0) is 24.8 Å². The van der Waals surface area contributed by atoms with Gasteiger partial charge in [-0.25, -0.2) is 25.9 Å². The molecule has 0 spiro atoms. The molecule has 0 fully saturated rings. The Morgan fingerprint density at radius 1 is 1.12 bits per heavy atom. The number of rotatable bonds is 11. The molecule has 1 aromatic carbocycles. The van der Waals surface area contributed by atoms with Crippen molar-refractivity contribution in [2.24, 2.45) is 0 Å². The lowest BCUT2D eigenvalue weighted by Gasteiger charge is -2.10. The smallest absolute Gasteiger partial charge is 0.240 e. The lowest BCUT2D eigenvalue weighted by atomic mass is 10.3. The SMILES string of the molecule is CCS(=O)(=O)Nc1ccc(S(=O)(=O)NCCNCCOC)cc1F. The van der Waals surface area contributed by atoms with E-state index in [1.807, 2.05) is 4.72 Å². The van der Waals surface area contributed by atoms with E-state index in [1.165, 1.54) is 6.92 Å². The maximum absolute atomic E-state index is 13.9. The second kappa shape index (κ2) is 9.28. The third-order valence-electron chi connectivity index (χ3n) is 2.97. The van der Waals surface area contributed by atoms with Crippen molar-refractivity contribution in [2.45, 2.75) is 11.8 Å². The van der Waals surface area contributed by atoms with E-state index in [2.05, 4.69) is 10.0 Å². The Bertz CT molecular complexity index is 738. The summed E-state index contributed by atoms with van der Waals surface area (Å²) in [4.78, 5) is -0.281. The molecule has 0 radical (unpaired) electrons. The van der Waals surface area contributed by atoms with Crippen LogP contribution in [0.2, 0.25) is 0 Å². The first-order chi connectivity index (χ1) is 11.2. The molecule has 0 saturated heterocycles. The number of hydrogen-bond donors (Lipinski definition) is 3. The molecule has 0 aliphatic heterocycles. The summed E-state index contributed by atoms with van der Waals surface area (Å²) in [5.74, 6) is -1.18. The summed E-state index contributed by atoms with van der Waals surface area (Å²) in [7, 11) is -5.96. The van der Waals surface area contributed by atoms with Crippen LogP contribution in [0.5, 0.6) is 0 Å². The molecule has 0 amide bonds. The number of benzene rings is 1. The van der Waals surface area contributed by atoms with E-state index >= 15 is 0 Å². The zero-order valence-electron chi connectivity index (χ0n) is 13.5. The molecule has 0 atom stereocenters. The van der Waals surface area contributed by atoms with Gasteiger partial charge in [0.2, 0.25) is 20.0 Å². The summed E-state index contributed by atoms with van der Waals surface area (Å²) in [6, 6.07) is 2.99. The largest absolute Gasteiger partial charge is 0.383 e. The molecule has 3 N–H and O–H groups in total. The van der Waals surface area contributed by atoms with Crippen molar-refractivity contribution in [1.29, 1.82) is 0 Å². The molecule has 8 nitrogen and oxygen atoms in total. The quantitative estimate of drug-likeness (QED) is 0.467. The minimum absolute atomic E-state index is 0.123. The zero-order chi connectivity index (χ0) is 18.2. The molecule has 0 heterocycles. The van der Waals surface area contributed by atoms with Crippen LogP contribution in [0.25, 0.3) is 0 Å². The fraction of sp³-hybridized carbons (Fsp3) is 0.538. The van der Waals surface area contributed by atoms with Gasteiger partial charge in [-0.2, -0.15) is 0 Å². The molecular weight excluding hydrogens is 361 g/mol. The predicted octanol–water partition coefficient (Wildman–Crippen LogP) is 0.102. The number of halogens is 1. The highest BCUT2D eigenvalue weighted by molar-refractivity contribution is 7.92. The van der Waals surface area contributed by atoms with Gasteiger partial charge in [-0.1, -0.05) is 0 Å². The first-order valence-corrected chi connectivity index (χ1v) is 10.3. The summed E-state index contributed by atoms with van der Waals surface area (Å²) >= 11 is 0. The van der Waals surface area contributed by atoms with Crippen LogP contribution in [0.4, 0.5) is 10.1 Å². The number of methoxy groups -OCH3 is 1. The molecule has 0 aliphatic rings. The zero-order valence-corrected chi connectivity index (χ0v) is 15.1. The van der Waals surface area contributed by atoms with Gasteiger partial charge in [0.05, 0.1) is 22.9 Å². The Morgan fingerprint density at radius 2 is 1.83 bits per heavy atom. The third-order valence-corrected chi connectivity index (χ3v) is 5.72. The standard InChI is InChI=1S/C13H22FN3O5S2/c1-3-23(18,19)17-13-5-4-11(10-12(13)14)24(20,21)16-7-6-15-8-9-22-2/h4-5,10,15-17H,3,6-9H2,1-2H3. The molecule has 11 heteroatoms. The van der Waals surface area contributed by atoms with Crippen molar-refractivity contribution in [3.63, 3.8) is 0 Å². The Kier molecular flexibility index (Phi) is 8.03. The summed E-state index contributed by atoms with van der Waals surface area (Å²) in [6.45, 7) is 3.01. The molecule has 0 aliphatic carbocycles. The lowest BCUT2D eigenvalue weighted by molar-refractivity contribution is 0.199. The minimum atomic E-state index is -3.88. The average Bonchev–Trinajstić information content (AvgIpc) is 2.52. The molecule has 0 aromatic heterocycles. The monoisotopic (exact) mass is 383 g/mol. The molecule has 24 heavy (non-hydrogen) atoms. The number of anilines is 1. The van der Waals surface area contributed by atoms with Crippen molar-refractivity contribution in [3.05, 3.63) is 24.0 Å². The van der Waals surface area contributed by atoms with E-state index in [1.54, 1.807) is 7.11 Å². The van der Waals surface area contributed by atoms with Crippen LogP contribution in [0.15, 0.2) is 23.1 Å². The maximum Gasteiger partial charge on any atom is 0.240 e. The minimum Gasteiger partial charge on any atom is -0.383 e. The highest BCUT2D eigenvalue weighted by Crippen LogP contribution is 2.20. The number of hydrogen-bond acceptors (Lipinski definition) is 6. The van der Waals surface area contributed by atoms with Gasteiger partial charge in [0.15, 0.2) is 0 Å². The highest BCUT2D eigenvalue weighted by Gasteiger charge is 2.17. The number of nitrogens with one attached hydrogen (secondary N) is 3. The van der Waals surface area contributed by atoms with Gasteiger partial charge in [0.25, 0.3) is 0 Å². The van der Waals surface area contributed by atoms with E-state index < -0.39 is 25.9 Å². The Balaban J connectivity index is 2.71. The second-order valence-electron chi connectivity index (χ2n) is 4.79. The first kappa shape index (κ1) is 20.8. The summed E-state index contributed by atoms with van der Waals surface area (Å²) in [5.41, 5.74) is -0.294. The Labute approximate surface area is 141 Å². The van der Waals surface area contributed by atoms with E-state index in [-0.39, 0.29) is 22.9 Å². The normalized spacial score (nSPS) is 12.3. The maximum atomic E-state index is 13.9. The van der Waals surface area contributed by atoms with Crippen LogP contribution >= 0.6 is 0 Å². The van der Waals surface area contributed by atoms with Crippen LogP contribution in [0.3, 0.4) is 0 Å². The molecule has 0 saturated carbocycles. The topological polar surface area (TPSA) is 114 Å². The highest BCUT2D eigenvalue weighted by atomic mass is 32.2. The van der Waals surface area contributed by atoms with Gasteiger partial charge < -0.3 is 10.1 Å². The Hall–Kier alpha value is -1.27. The van der Waals surface area contributed by atoms with Crippen LogP contribution in [0, 0.1) is 5.82 Å². The fourth-order valence-electron chi connectivity index (χ4n) is 1.64. The first-order valence-electron chi connectivity index (χ1n) is 7.21. The molecule has 0 bridgehead atoms. The summed E-state index contributed by atoms with van der Waals surface area (Å²) in [5, 5.41) is 2.96. The molecule has 1 rings (SSSR count). The number of sulfonamides is 2. The van der Waals surface area contributed by atoms with Crippen LogP contribution in [-0.4, -0.2) is 55.9 Å². The van der Waals surface area contributed by atoms with Gasteiger partial charge in [0.1, 0.15) is 5.82 Å². The van der Waals surface area contributed by atoms with Crippen molar-refractivity contribution in [1.82, 2.24) is 10.0 Å². The number of ether oxygens (including phenoxy) is 1. The predicted molar refractivity (Wildman–Crippen MR) is 89.4 cm³/mol. The van der Waals surface area contributed by atoms with Crippen LogP contribution < -0.4 is 14.8 Å².